The summed E-state index contributed by atoms with van der Waals surface area (Å²) in [4.78, 5) is 15.8. The predicted octanol–water partition coefficient (Wildman–Crippen LogP) is 1.85. The summed E-state index contributed by atoms with van der Waals surface area (Å²) in [7, 11) is 0. The Labute approximate surface area is 96.3 Å². The summed E-state index contributed by atoms with van der Waals surface area (Å²) >= 11 is 0. The summed E-state index contributed by atoms with van der Waals surface area (Å²) in [5.41, 5.74) is 6.67. The lowest BCUT2D eigenvalue weighted by molar-refractivity contribution is -0.116. The third-order valence-corrected chi connectivity index (χ3v) is 2.26. The van der Waals surface area contributed by atoms with Gasteiger partial charge >= 0.3 is 0 Å². The van der Waals surface area contributed by atoms with Gasteiger partial charge in [0.15, 0.2) is 0 Å². The lowest BCUT2D eigenvalue weighted by Crippen LogP contribution is -2.27. The minimum Gasteiger partial charge on any atom is -0.327 e. The first-order valence-corrected chi connectivity index (χ1v) is 5.61. The number of rotatable bonds is 5. The standard InChI is InChI=1S/C12H19N3O/c1-3-5-10(13)8-12(16)15-11-7-4-6-9(2)14-11/h4,6-7,10H,3,5,8,13H2,1-2H3,(H,14,15,16). The summed E-state index contributed by atoms with van der Waals surface area (Å²) < 4.78 is 0. The highest BCUT2D eigenvalue weighted by Crippen LogP contribution is 2.06. The maximum atomic E-state index is 11.6. The highest BCUT2D eigenvalue weighted by molar-refractivity contribution is 5.90. The summed E-state index contributed by atoms with van der Waals surface area (Å²) in [5.74, 6) is 0.521. The summed E-state index contributed by atoms with van der Waals surface area (Å²) in [6, 6.07) is 5.47. The van der Waals surface area contributed by atoms with Gasteiger partial charge in [-0.15, -0.1) is 0 Å². The van der Waals surface area contributed by atoms with Crippen molar-refractivity contribution in [2.75, 3.05) is 5.32 Å². The van der Waals surface area contributed by atoms with E-state index >= 15 is 0 Å². The Bertz CT molecular complexity index is 352. The van der Waals surface area contributed by atoms with Crippen LogP contribution < -0.4 is 11.1 Å². The average molecular weight is 221 g/mol. The number of aromatic nitrogens is 1. The highest BCUT2D eigenvalue weighted by atomic mass is 16.1. The molecule has 0 bridgehead atoms. The predicted molar refractivity (Wildman–Crippen MR) is 65.1 cm³/mol. The molecule has 0 saturated carbocycles. The fourth-order valence-electron chi connectivity index (χ4n) is 1.52. The van der Waals surface area contributed by atoms with Crippen molar-refractivity contribution in [1.82, 2.24) is 4.98 Å². The number of anilines is 1. The minimum absolute atomic E-state index is 0.0604. The molecule has 0 spiro atoms. The summed E-state index contributed by atoms with van der Waals surface area (Å²) in [6.45, 7) is 3.94. The molecule has 3 N–H and O–H groups in total. The van der Waals surface area contributed by atoms with Crippen LogP contribution in [0.2, 0.25) is 0 Å². The van der Waals surface area contributed by atoms with Crippen molar-refractivity contribution in [3.63, 3.8) is 0 Å². The second-order valence-electron chi connectivity index (χ2n) is 3.97. The Kier molecular flexibility index (Phi) is 4.92. The Morgan fingerprint density at radius 3 is 2.94 bits per heavy atom. The molecule has 1 heterocycles. The van der Waals surface area contributed by atoms with Gasteiger partial charge in [0.1, 0.15) is 5.82 Å². The van der Waals surface area contributed by atoms with Gasteiger partial charge in [-0.2, -0.15) is 0 Å². The number of nitrogens with zero attached hydrogens (tertiary/aromatic N) is 1. The van der Waals surface area contributed by atoms with E-state index in [1.54, 1.807) is 6.07 Å². The van der Waals surface area contributed by atoms with Crippen molar-refractivity contribution in [3.8, 4) is 0 Å². The second kappa shape index (κ2) is 6.23. The number of pyridine rings is 1. The minimum atomic E-state index is -0.0703. The zero-order valence-corrected chi connectivity index (χ0v) is 9.86. The fraction of sp³-hybridized carbons (Fsp3) is 0.500. The van der Waals surface area contributed by atoms with Crippen LogP contribution in [-0.4, -0.2) is 16.9 Å². The molecule has 1 amide bonds. The van der Waals surface area contributed by atoms with Gasteiger partial charge in [0.05, 0.1) is 0 Å². The van der Waals surface area contributed by atoms with Gasteiger partial charge < -0.3 is 11.1 Å². The van der Waals surface area contributed by atoms with Crippen LogP contribution in [0.3, 0.4) is 0 Å². The van der Waals surface area contributed by atoms with Gasteiger partial charge in [0, 0.05) is 18.2 Å². The summed E-state index contributed by atoms with van der Waals surface area (Å²) in [6.07, 6.45) is 2.22. The van der Waals surface area contributed by atoms with Crippen molar-refractivity contribution < 1.29 is 4.79 Å². The number of nitrogens with two attached hydrogens (primary N) is 1. The molecule has 1 unspecified atom stereocenters. The van der Waals surface area contributed by atoms with Crippen LogP contribution in [0.25, 0.3) is 0 Å². The average Bonchev–Trinajstić information content (AvgIpc) is 2.17. The molecule has 1 rings (SSSR count). The Hall–Kier alpha value is -1.42. The van der Waals surface area contributed by atoms with Crippen LogP contribution in [0.5, 0.6) is 0 Å². The molecule has 0 fully saturated rings. The zero-order chi connectivity index (χ0) is 12.0. The van der Waals surface area contributed by atoms with Gasteiger partial charge in [0.2, 0.25) is 5.91 Å². The van der Waals surface area contributed by atoms with Crippen molar-refractivity contribution >= 4 is 11.7 Å². The van der Waals surface area contributed by atoms with Crippen LogP contribution in [-0.2, 0) is 4.79 Å². The first-order valence-electron chi connectivity index (χ1n) is 5.61. The van der Waals surface area contributed by atoms with Crippen molar-refractivity contribution in [3.05, 3.63) is 23.9 Å². The van der Waals surface area contributed by atoms with Crippen LogP contribution >= 0.6 is 0 Å². The molecule has 0 radical (unpaired) electrons. The summed E-state index contributed by atoms with van der Waals surface area (Å²) in [5, 5.41) is 2.74. The third kappa shape index (κ3) is 4.40. The molecule has 0 aromatic carbocycles. The maximum Gasteiger partial charge on any atom is 0.227 e. The lowest BCUT2D eigenvalue weighted by atomic mass is 10.1. The SMILES string of the molecule is CCCC(N)CC(=O)Nc1cccc(C)n1. The van der Waals surface area contributed by atoms with Gasteiger partial charge in [-0.25, -0.2) is 4.98 Å². The fourth-order valence-corrected chi connectivity index (χ4v) is 1.52. The van der Waals surface area contributed by atoms with Crippen LogP contribution in [0, 0.1) is 6.92 Å². The first kappa shape index (κ1) is 12.6. The van der Waals surface area contributed by atoms with E-state index < -0.39 is 0 Å². The van der Waals surface area contributed by atoms with Crippen molar-refractivity contribution in [2.45, 2.75) is 39.2 Å². The maximum absolute atomic E-state index is 11.6. The molecule has 16 heavy (non-hydrogen) atoms. The number of hydrogen-bond donors (Lipinski definition) is 2. The molecular weight excluding hydrogens is 202 g/mol. The van der Waals surface area contributed by atoms with Gasteiger partial charge in [0.25, 0.3) is 0 Å². The van der Waals surface area contributed by atoms with E-state index in [1.165, 1.54) is 0 Å². The Morgan fingerprint density at radius 1 is 1.56 bits per heavy atom. The van der Waals surface area contributed by atoms with E-state index in [4.69, 9.17) is 5.73 Å². The monoisotopic (exact) mass is 221 g/mol. The quantitative estimate of drug-likeness (QED) is 0.797. The molecule has 1 aromatic rings. The number of carbonyl (C=O) groups excluding carboxylic acids is 1. The topological polar surface area (TPSA) is 68.0 Å². The van der Waals surface area contributed by atoms with Crippen LogP contribution in [0.4, 0.5) is 5.82 Å². The van der Waals surface area contributed by atoms with E-state index in [9.17, 15) is 4.79 Å². The molecule has 88 valence electrons. The molecular formula is C12H19N3O. The van der Waals surface area contributed by atoms with Crippen molar-refractivity contribution in [2.24, 2.45) is 5.73 Å². The molecule has 0 aliphatic carbocycles. The van der Waals surface area contributed by atoms with Gasteiger partial charge in [-0.3, -0.25) is 4.79 Å². The number of nitrogens with one attached hydrogen (secondary N) is 1. The van der Waals surface area contributed by atoms with E-state index in [0.717, 1.165) is 18.5 Å². The zero-order valence-electron chi connectivity index (χ0n) is 9.86. The normalized spacial score (nSPS) is 12.2. The third-order valence-electron chi connectivity index (χ3n) is 2.26. The van der Waals surface area contributed by atoms with Gasteiger partial charge in [-0.05, 0) is 25.5 Å². The number of hydrogen-bond acceptors (Lipinski definition) is 3. The number of aryl methyl sites for hydroxylation is 1. The van der Waals surface area contributed by atoms with E-state index in [2.05, 4.69) is 17.2 Å². The molecule has 4 nitrogen and oxygen atoms in total. The first-order chi connectivity index (χ1) is 7.61. The number of carbonyl (C=O) groups is 1. The van der Waals surface area contributed by atoms with E-state index in [1.807, 2.05) is 19.1 Å². The van der Waals surface area contributed by atoms with Gasteiger partial charge in [-0.1, -0.05) is 19.4 Å². The largest absolute Gasteiger partial charge is 0.327 e. The van der Waals surface area contributed by atoms with Crippen LogP contribution in [0.1, 0.15) is 31.9 Å². The molecule has 4 heteroatoms. The molecule has 0 saturated heterocycles. The molecule has 0 aliphatic heterocycles. The van der Waals surface area contributed by atoms with E-state index in [-0.39, 0.29) is 11.9 Å². The molecule has 1 atom stereocenters. The Balaban J connectivity index is 2.45. The van der Waals surface area contributed by atoms with E-state index in [0.29, 0.717) is 12.2 Å². The Morgan fingerprint density at radius 2 is 2.31 bits per heavy atom. The highest BCUT2D eigenvalue weighted by Gasteiger charge is 2.09. The van der Waals surface area contributed by atoms with Crippen molar-refractivity contribution in [1.29, 1.82) is 0 Å². The smallest absolute Gasteiger partial charge is 0.227 e. The molecule has 0 aliphatic rings. The van der Waals surface area contributed by atoms with Crippen LogP contribution in [0.15, 0.2) is 18.2 Å². The molecule has 1 aromatic heterocycles. The second-order valence-corrected chi connectivity index (χ2v) is 3.97. The lowest BCUT2D eigenvalue weighted by Gasteiger charge is -2.10. The number of amides is 1.